The number of rotatable bonds is 1. The predicted octanol–water partition coefficient (Wildman–Crippen LogP) is 1.69. The van der Waals surface area contributed by atoms with Crippen LogP contribution < -0.4 is 0 Å². The van der Waals surface area contributed by atoms with Gasteiger partial charge in [0, 0.05) is 18.7 Å². The lowest BCUT2D eigenvalue weighted by atomic mass is 10.1. The second kappa shape index (κ2) is 3.47. The van der Waals surface area contributed by atoms with Crippen molar-refractivity contribution in [2.45, 2.75) is 20.0 Å². The summed E-state index contributed by atoms with van der Waals surface area (Å²) in [5.74, 6) is -0.975. The molecule has 0 fully saturated rings. The van der Waals surface area contributed by atoms with Crippen molar-refractivity contribution in [3.05, 3.63) is 27.5 Å². The van der Waals surface area contributed by atoms with E-state index in [1.807, 2.05) is 11.9 Å². The number of aryl methyl sites for hydroxylation is 1. The van der Waals surface area contributed by atoms with Crippen molar-refractivity contribution in [3.8, 4) is 0 Å². The summed E-state index contributed by atoms with van der Waals surface area (Å²) >= 11 is 5.96. The van der Waals surface area contributed by atoms with Gasteiger partial charge in [-0.3, -0.25) is 9.88 Å². The van der Waals surface area contributed by atoms with Crippen LogP contribution in [0.5, 0.6) is 0 Å². The van der Waals surface area contributed by atoms with Crippen LogP contribution in [0.15, 0.2) is 0 Å². The van der Waals surface area contributed by atoms with Crippen molar-refractivity contribution in [2.24, 2.45) is 0 Å². The van der Waals surface area contributed by atoms with Crippen LogP contribution in [0.3, 0.4) is 0 Å². The van der Waals surface area contributed by atoms with Gasteiger partial charge in [0.1, 0.15) is 0 Å². The number of hydrogen-bond acceptors (Lipinski definition) is 3. The maximum Gasteiger partial charge on any atom is 0.337 e. The van der Waals surface area contributed by atoms with E-state index in [-0.39, 0.29) is 10.6 Å². The number of aromatic carboxylic acids is 1. The number of carboxylic acids is 1. The molecule has 0 bridgehead atoms. The highest BCUT2D eigenvalue weighted by molar-refractivity contribution is 6.34. The van der Waals surface area contributed by atoms with E-state index >= 15 is 0 Å². The fourth-order valence-electron chi connectivity index (χ4n) is 1.88. The van der Waals surface area contributed by atoms with E-state index in [1.165, 1.54) is 0 Å². The SMILES string of the molecule is Cc1nc2c(c(C(=O)O)c1Cl)CN(C)C2. The quantitative estimate of drug-likeness (QED) is 0.792. The molecule has 0 amide bonds. The summed E-state index contributed by atoms with van der Waals surface area (Å²) in [6.07, 6.45) is 0. The zero-order valence-corrected chi connectivity index (χ0v) is 9.30. The Morgan fingerprint density at radius 2 is 2.20 bits per heavy atom. The van der Waals surface area contributed by atoms with Crippen LogP contribution in [0.25, 0.3) is 0 Å². The molecule has 1 aliphatic rings. The van der Waals surface area contributed by atoms with Crippen molar-refractivity contribution in [1.29, 1.82) is 0 Å². The van der Waals surface area contributed by atoms with Crippen molar-refractivity contribution >= 4 is 17.6 Å². The molecule has 0 radical (unpaired) electrons. The summed E-state index contributed by atoms with van der Waals surface area (Å²) in [4.78, 5) is 17.4. The van der Waals surface area contributed by atoms with Crippen LogP contribution in [0.1, 0.15) is 27.3 Å². The number of nitrogens with zero attached hydrogens (tertiary/aromatic N) is 2. The average Bonchev–Trinajstić information content (AvgIpc) is 2.46. The molecule has 0 saturated carbocycles. The van der Waals surface area contributed by atoms with Crippen LogP contribution in [-0.2, 0) is 13.1 Å². The Morgan fingerprint density at radius 1 is 1.53 bits per heavy atom. The first-order chi connectivity index (χ1) is 7.00. The van der Waals surface area contributed by atoms with Crippen molar-refractivity contribution in [1.82, 2.24) is 9.88 Å². The maximum absolute atomic E-state index is 11.1. The number of fused-ring (bicyclic) bond motifs is 1. The zero-order valence-electron chi connectivity index (χ0n) is 8.54. The fraction of sp³-hybridized carbons (Fsp3) is 0.400. The van der Waals surface area contributed by atoms with E-state index in [0.717, 1.165) is 11.3 Å². The minimum Gasteiger partial charge on any atom is -0.478 e. The highest BCUT2D eigenvalue weighted by Crippen LogP contribution is 2.30. The van der Waals surface area contributed by atoms with Gasteiger partial charge in [0.15, 0.2) is 0 Å². The number of halogens is 1. The van der Waals surface area contributed by atoms with Gasteiger partial charge in [-0.1, -0.05) is 11.6 Å². The Morgan fingerprint density at radius 3 is 2.80 bits per heavy atom. The Bertz CT molecular complexity index is 446. The van der Waals surface area contributed by atoms with Crippen molar-refractivity contribution in [2.75, 3.05) is 7.05 Å². The average molecular weight is 227 g/mol. The minimum absolute atomic E-state index is 0.212. The highest BCUT2D eigenvalue weighted by Gasteiger charge is 2.27. The predicted molar refractivity (Wildman–Crippen MR) is 56.1 cm³/mol. The third kappa shape index (κ3) is 1.60. The Kier molecular flexibility index (Phi) is 2.40. The summed E-state index contributed by atoms with van der Waals surface area (Å²) in [5, 5.41) is 9.37. The van der Waals surface area contributed by atoms with Crippen molar-refractivity contribution < 1.29 is 9.90 Å². The van der Waals surface area contributed by atoms with Crippen LogP contribution in [0.4, 0.5) is 0 Å². The third-order valence-electron chi connectivity index (χ3n) is 2.55. The third-order valence-corrected chi connectivity index (χ3v) is 3.01. The molecule has 1 aliphatic heterocycles. The molecular weight excluding hydrogens is 216 g/mol. The van der Waals surface area contributed by atoms with Gasteiger partial charge in [0.05, 0.1) is 22.0 Å². The van der Waals surface area contributed by atoms with Crippen LogP contribution in [0, 0.1) is 6.92 Å². The molecule has 5 heteroatoms. The first-order valence-electron chi connectivity index (χ1n) is 4.60. The molecule has 0 aromatic carbocycles. The molecule has 0 aliphatic carbocycles. The van der Waals surface area contributed by atoms with E-state index in [1.54, 1.807) is 6.92 Å². The fourth-order valence-corrected chi connectivity index (χ4v) is 2.12. The van der Waals surface area contributed by atoms with Crippen LogP contribution in [0.2, 0.25) is 5.02 Å². The minimum atomic E-state index is -0.975. The molecule has 2 heterocycles. The van der Waals surface area contributed by atoms with E-state index in [2.05, 4.69) is 4.98 Å². The largest absolute Gasteiger partial charge is 0.478 e. The van der Waals surface area contributed by atoms with Gasteiger partial charge in [-0.25, -0.2) is 4.79 Å². The first kappa shape index (κ1) is 10.4. The molecular formula is C10H11ClN2O2. The van der Waals surface area contributed by atoms with Crippen LogP contribution in [-0.4, -0.2) is 28.0 Å². The molecule has 0 saturated heterocycles. The number of hydrogen-bond donors (Lipinski definition) is 1. The Hall–Kier alpha value is -1.13. The lowest BCUT2D eigenvalue weighted by Crippen LogP contribution is -2.09. The summed E-state index contributed by atoms with van der Waals surface area (Å²) in [6.45, 7) is 3.02. The molecule has 1 aromatic rings. The van der Waals surface area contributed by atoms with Gasteiger partial charge in [-0.05, 0) is 14.0 Å². The topological polar surface area (TPSA) is 53.4 Å². The van der Waals surface area contributed by atoms with Crippen molar-refractivity contribution in [3.63, 3.8) is 0 Å². The van der Waals surface area contributed by atoms with Gasteiger partial charge in [-0.2, -0.15) is 0 Å². The van der Waals surface area contributed by atoms with Gasteiger partial charge in [0.2, 0.25) is 0 Å². The maximum atomic E-state index is 11.1. The molecule has 15 heavy (non-hydrogen) atoms. The molecule has 2 rings (SSSR count). The lowest BCUT2D eigenvalue weighted by Gasteiger charge is -2.07. The molecule has 0 unspecified atom stereocenters. The van der Waals surface area contributed by atoms with Gasteiger partial charge < -0.3 is 5.11 Å². The number of carboxylic acid groups (broad SMARTS) is 1. The first-order valence-corrected chi connectivity index (χ1v) is 4.98. The summed E-state index contributed by atoms with van der Waals surface area (Å²) in [7, 11) is 1.93. The molecule has 1 aromatic heterocycles. The molecule has 80 valence electrons. The zero-order chi connectivity index (χ0) is 11.2. The standard InChI is InChI=1S/C10H11ClN2O2/c1-5-9(11)8(10(14)15)6-3-13(2)4-7(6)12-5/h3-4H2,1-2H3,(H,14,15). The highest BCUT2D eigenvalue weighted by atomic mass is 35.5. The van der Waals surface area contributed by atoms with E-state index < -0.39 is 5.97 Å². The smallest absolute Gasteiger partial charge is 0.337 e. The number of pyridine rings is 1. The molecule has 0 atom stereocenters. The van der Waals surface area contributed by atoms with E-state index in [0.29, 0.717) is 18.8 Å². The summed E-state index contributed by atoms with van der Waals surface area (Å²) < 4.78 is 0. The summed E-state index contributed by atoms with van der Waals surface area (Å²) in [6, 6.07) is 0. The van der Waals surface area contributed by atoms with E-state index in [9.17, 15) is 4.79 Å². The Balaban J connectivity index is 2.67. The number of carbonyl (C=O) groups is 1. The van der Waals surface area contributed by atoms with Gasteiger partial charge in [0.25, 0.3) is 0 Å². The molecule has 4 nitrogen and oxygen atoms in total. The second-order valence-electron chi connectivity index (χ2n) is 3.79. The van der Waals surface area contributed by atoms with Gasteiger partial charge in [-0.15, -0.1) is 0 Å². The molecule has 1 N–H and O–H groups in total. The van der Waals surface area contributed by atoms with E-state index in [4.69, 9.17) is 16.7 Å². The number of aromatic nitrogens is 1. The normalized spacial score (nSPS) is 15.4. The molecule has 0 spiro atoms. The van der Waals surface area contributed by atoms with Crippen LogP contribution >= 0.6 is 11.6 Å². The Labute approximate surface area is 92.5 Å². The second-order valence-corrected chi connectivity index (χ2v) is 4.17. The monoisotopic (exact) mass is 226 g/mol. The van der Waals surface area contributed by atoms with Gasteiger partial charge >= 0.3 is 5.97 Å². The summed E-state index contributed by atoms with van der Waals surface area (Å²) in [5.41, 5.74) is 2.38. The lowest BCUT2D eigenvalue weighted by molar-refractivity contribution is 0.0695.